The maximum absolute atomic E-state index is 13.6. The largest absolute Gasteiger partial charge is 0.448 e. The Morgan fingerprint density at radius 3 is 2.94 bits per heavy atom. The third-order valence-corrected chi connectivity index (χ3v) is 5.64. The number of rotatable bonds is 8. The number of aromatic nitrogens is 4. The molecule has 5 rings (SSSR count). The molecule has 0 spiro atoms. The Morgan fingerprint density at radius 1 is 1.22 bits per heavy atom. The SMILES string of the molecule is O=C(NCc1ncccc1F)c1coc(C2CN(CCCc3nc4ccccc4[nH]3)C2)n1. The number of benzene rings is 1. The molecule has 8 nitrogen and oxygen atoms in total. The molecule has 1 saturated heterocycles. The molecular weight excluding hydrogens is 411 g/mol. The summed E-state index contributed by atoms with van der Waals surface area (Å²) in [4.78, 5) is 30.8. The Morgan fingerprint density at radius 2 is 2.09 bits per heavy atom. The van der Waals surface area contributed by atoms with Gasteiger partial charge in [-0.05, 0) is 37.2 Å². The first-order chi connectivity index (χ1) is 15.7. The number of imidazole rings is 1. The van der Waals surface area contributed by atoms with Gasteiger partial charge >= 0.3 is 0 Å². The average Bonchev–Trinajstić information content (AvgIpc) is 3.41. The molecule has 0 atom stereocenters. The molecular formula is C23H23FN6O2. The van der Waals surface area contributed by atoms with Gasteiger partial charge in [0.05, 0.1) is 29.2 Å². The lowest BCUT2D eigenvalue weighted by molar-refractivity contribution is 0.0944. The summed E-state index contributed by atoms with van der Waals surface area (Å²) in [6.07, 6.45) is 4.74. The number of amides is 1. The van der Waals surface area contributed by atoms with Gasteiger partial charge in [-0.15, -0.1) is 0 Å². The van der Waals surface area contributed by atoms with Crippen LogP contribution >= 0.6 is 0 Å². The van der Waals surface area contributed by atoms with Crippen molar-refractivity contribution < 1.29 is 13.6 Å². The molecule has 0 aliphatic carbocycles. The molecule has 0 bridgehead atoms. The van der Waals surface area contributed by atoms with E-state index in [1.165, 1.54) is 24.6 Å². The van der Waals surface area contributed by atoms with E-state index in [1.54, 1.807) is 0 Å². The number of carbonyl (C=O) groups excluding carboxylic acids is 1. The zero-order valence-corrected chi connectivity index (χ0v) is 17.4. The number of H-pyrrole nitrogens is 1. The maximum atomic E-state index is 13.6. The molecule has 0 unspecified atom stereocenters. The molecule has 2 N–H and O–H groups in total. The fourth-order valence-corrected chi connectivity index (χ4v) is 3.89. The van der Waals surface area contributed by atoms with Gasteiger partial charge < -0.3 is 19.6 Å². The first kappa shape index (κ1) is 20.3. The minimum atomic E-state index is -0.455. The summed E-state index contributed by atoms with van der Waals surface area (Å²) in [5, 5.41) is 2.62. The van der Waals surface area contributed by atoms with Crippen LogP contribution in [0.4, 0.5) is 4.39 Å². The quantitative estimate of drug-likeness (QED) is 0.442. The Hall–Kier alpha value is -3.59. The zero-order valence-electron chi connectivity index (χ0n) is 17.4. The molecule has 4 aromatic rings. The molecule has 32 heavy (non-hydrogen) atoms. The van der Waals surface area contributed by atoms with Gasteiger partial charge in [-0.2, -0.15) is 0 Å². The number of hydrogen-bond acceptors (Lipinski definition) is 6. The second-order valence-corrected chi connectivity index (χ2v) is 7.95. The van der Waals surface area contributed by atoms with Crippen molar-refractivity contribution in [1.29, 1.82) is 0 Å². The molecule has 1 amide bonds. The van der Waals surface area contributed by atoms with Crippen LogP contribution in [-0.2, 0) is 13.0 Å². The van der Waals surface area contributed by atoms with Crippen LogP contribution in [0, 0.1) is 5.82 Å². The smallest absolute Gasteiger partial charge is 0.273 e. The number of aromatic amines is 1. The molecule has 9 heteroatoms. The molecule has 4 heterocycles. The maximum Gasteiger partial charge on any atom is 0.273 e. The van der Waals surface area contributed by atoms with Crippen molar-refractivity contribution in [2.45, 2.75) is 25.3 Å². The number of pyridine rings is 1. The number of carbonyl (C=O) groups is 1. The standard InChI is InChI=1S/C23H23FN6O2/c24-16-5-3-9-25-19(16)11-26-22(31)20-14-32-23(29-20)15-12-30(13-15)10-4-8-21-27-17-6-1-2-7-18(17)28-21/h1-3,5-7,9,14-15H,4,8,10-13H2,(H,26,31)(H,27,28). The van der Waals surface area contributed by atoms with Crippen LogP contribution < -0.4 is 5.32 Å². The molecule has 3 aromatic heterocycles. The average molecular weight is 434 g/mol. The molecule has 0 radical (unpaired) electrons. The van der Waals surface area contributed by atoms with Crippen molar-refractivity contribution in [3.8, 4) is 0 Å². The molecule has 1 aliphatic heterocycles. The Bertz CT molecular complexity index is 1200. The first-order valence-electron chi connectivity index (χ1n) is 10.6. The second kappa shape index (κ2) is 8.88. The highest BCUT2D eigenvalue weighted by atomic mass is 19.1. The molecule has 1 fully saturated rings. The number of nitrogens with one attached hydrogen (secondary N) is 2. The minimum Gasteiger partial charge on any atom is -0.448 e. The Labute approximate surface area is 183 Å². The van der Waals surface area contributed by atoms with Crippen LogP contribution in [0.3, 0.4) is 0 Å². The van der Waals surface area contributed by atoms with E-state index in [2.05, 4.69) is 30.2 Å². The Balaban J connectivity index is 1.06. The molecule has 1 aliphatic rings. The number of hydrogen-bond donors (Lipinski definition) is 2. The summed E-state index contributed by atoms with van der Waals surface area (Å²) in [5.74, 6) is 0.886. The van der Waals surface area contributed by atoms with E-state index in [0.29, 0.717) is 5.89 Å². The third-order valence-electron chi connectivity index (χ3n) is 5.64. The van der Waals surface area contributed by atoms with Crippen LogP contribution in [0.25, 0.3) is 11.0 Å². The lowest BCUT2D eigenvalue weighted by Crippen LogP contribution is -2.45. The number of fused-ring (bicyclic) bond motifs is 1. The summed E-state index contributed by atoms with van der Waals surface area (Å²) in [7, 11) is 0. The van der Waals surface area contributed by atoms with Crippen LogP contribution in [0.5, 0.6) is 0 Å². The predicted octanol–water partition coefficient (Wildman–Crippen LogP) is 3.05. The summed E-state index contributed by atoms with van der Waals surface area (Å²) in [6, 6.07) is 10.9. The number of nitrogens with zero attached hydrogens (tertiary/aromatic N) is 4. The molecule has 1 aromatic carbocycles. The fourth-order valence-electron chi connectivity index (χ4n) is 3.89. The van der Waals surface area contributed by atoms with Crippen LogP contribution in [0.15, 0.2) is 53.3 Å². The van der Waals surface area contributed by atoms with Gasteiger partial charge in [0.25, 0.3) is 5.91 Å². The van der Waals surface area contributed by atoms with Crippen LogP contribution in [0.1, 0.15) is 40.2 Å². The second-order valence-electron chi connectivity index (χ2n) is 7.95. The van der Waals surface area contributed by atoms with Crippen molar-refractivity contribution in [1.82, 2.24) is 30.2 Å². The van der Waals surface area contributed by atoms with Crippen LogP contribution in [-0.4, -0.2) is 50.4 Å². The van der Waals surface area contributed by atoms with Gasteiger partial charge in [0, 0.05) is 25.7 Å². The van der Waals surface area contributed by atoms with Gasteiger partial charge in [0.1, 0.15) is 17.9 Å². The third kappa shape index (κ3) is 4.38. The lowest BCUT2D eigenvalue weighted by Gasteiger charge is -2.37. The van der Waals surface area contributed by atoms with E-state index in [4.69, 9.17) is 4.42 Å². The first-order valence-corrected chi connectivity index (χ1v) is 10.6. The van der Waals surface area contributed by atoms with Crippen molar-refractivity contribution >= 4 is 16.9 Å². The fraction of sp³-hybridized carbons (Fsp3) is 0.304. The van der Waals surface area contributed by atoms with Gasteiger partial charge in [-0.25, -0.2) is 14.4 Å². The normalized spacial score (nSPS) is 14.5. The van der Waals surface area contributed by atoms with Crippen molar-refractivity contribution in [2.75, 3.05) is 19.6 Å². The number of para-hydroxylation sites is 2. The number of aryl methyl sites for hydroxylation is 1. The van der Waals surface area contributed by atoms with Gasteiger partial charge in [0.15, 0.2) is 11.6 Å². The van der Waals surface area contributed by atoms with Crippen molar-refractivity contribution in [3.05, 3.63) is 77.8 Å². The van der Waals surface area contributed by atoms with E-state index < -0.39 is 11.7 Å². The highest BCUT2D eigenvalue weighted by Gasteiger charge is 2.32. The number of likely N-dealkylation sites (tertiary alicyclic amines) is 1. The van der Waals surface area contributed by atoms with E-state index in [0.717, 1.165) is 49.3 Å². The molecule has 0 saturated carbocycles. The monoisotopic (exact) mass is 434 g/mol. The summed E-state index contributed by atoms with van der Waals surface area (Å²) in [5.41, 5.74) is 2.45. The summed E-state index contributed by atoms with van der Waals surface area (Å²) < 4.78 is 19.1. The zero-order chi connectivity index (χ0) is 21.9. The van der Waals surface area contributed by atoms with Gasteiger partial charge in [-0.1, -0.05) is 12.1 Å². The van der Waals surface area contributed by atoms with Gasteiger partial charge in [-0.3, -0.25) is 9.78 Å². The van der Waals surface area contributed by atoms with Crippen molar-refractivity contribution in [2.24, 2.45) is 0 Å². The van der Waals surface area contributed by atoms with Crippen LogP contribution in [0.2, 0.25) is 0 Å². The van der Waals surface area contributed by atoms with E-state index in [1.807, 2.05) is 24.3 Å². The predicted molar refractivity (Wildman–Crippen MR) is 115 cm³/mol. The number of oxazole rings is 1. The minimum absolute atomic E-state index is 0.00383. The summed E-state index contributed by atoms with van der Waals surface area (Å²) in [6.45, 7) is 2.66. The van der Waals surface area contributed by atoms with Gasteiger partial charge in [0.2, 0.25) is 0 Å². The van der Waals surface area contributed by atoms with Crippen molar-refractivity contribution in [3.63, 3.8) is 0 Å². The van der Waals surface area contributed by atoms with E-state index >= 15 is 0 Å². The number of halogens is 1. The topological polar surface area (TPSA) is 99.9 Å². The van der Waals surface area contributed by atoms with E-state index in [-0.39, 0.29) is 23.9 Å². The summed E-state index contributed by atoms with van der Waals surface area (Å²) >= 11 is 0. The molecule has 164 valence electrons. The Kier molecular flexibility index (Phi) is 5.64. The highest BCUT2D eigenvalue weighted by Crippen LogP contribution is 2.26. The lowest BCUT2D eigenvalue weighted by atomic mass is 10.00. The highest BCUT2D eigenvalue weighted by molar-refractivity contribution is 5.91. The van der Waals surface area contributed by atoms with E-state index in [9.17, 15) is 9.18 Å².